The van der Waals surface area contributed by atoms with E-state index in [-0.39, 0.29) is 18.4 Å². The second-order valence-corrected chi connectivity index (χ2v) is 4.84. The van der Waals surface area contributed by atoms with Crippen LogP contribution in [0.5, 0.6) is 0 Å². The molecular formula is C14H19ClN2O3. The lowest BCUT2D eigenvalue weighted by molar-refractivity contribution is -0.130. The molecule has 0 heterocycles. The first-order valence-corrected chi connectivity index (χ1v) is 6.81. The number of nitrogens with one attached hydrogen (secondary N) is 1. The van der Waals surface area contributed by atoms with Gasteiger partial charge in [-0.3, -0.25) is 9.59 Å². The highest BCUT2D eigenvalue weighted by Gasteiger charge is 2.08. The lowest BCUT2D eigenvalue weighted by atomic mass is 10.2. The fraction of sp³-hybridized carbons (Fsp3) is 0.429. The molecule has 0 saturated carbocycles. The molecule has 0 aliphatic carbocycles. The average Bonchev–Trinajstić information content (AvgIpc) is 2.44. The minimum atomic E-state index is -0.183. The summed E-state index contributed by atoms with van der Waals surface area (Å²) in [5.74, 6) is -0.224. The van der Waals surface area contributed by atoms with Gasteiger partial charge in [0.05, 0.1) is 6.61 Å². The molecule has 0 aliphatic rings. The van der Waals surface area contributed by atoms with Gasteiger partial charge in [-0.1, -0.05) is 11.6 Å². The predicted octanol–water partition coefficient (Wildman–Crippen LogP) is 1.30. The molecule has 0 aliphatic heterocycles. The number of carbonyl (C=O) groups is 2. The van der Waals surface area contributed by atoms with Crippen molar-refractivity contribution in [3.05, 3.63) is 34.9 Å². The number of benzene rings is 1. The zero-order valence-electron chi connectivity index (χ0n) is 11.4. The predicted molar refractivity (Wildman–Crippen MR) is 77.7 cm³/mol. The highest BCUT2D eigenvalue weighted by molar-refractivity contribution is 6.30. The van der Waals surface area contributed by atoms with Gasteiger partial charge in [-0.15, -0.1) is 0 Å². The lowest BCUT2D eigenvalue weighted by Crippen LogP contribution is -2.30. The molecule has 0 unspecified atom stereocenters. The number of amides is 2. The van der Waals surface area contributed by atoms with Crippen molar-refractivity contribution >= 4 is 23.4 Å². The van der Waals surface area contributed by atoms with Crippen LogP contribution in [0.15, 0.2) is 24.3 Å². The first kappa shape index (κ1) is 16.5. The van der Waals surface area contributed by atoms with Crippen LogP contribution in [0.3, 0.4) is 0 Å². The molecule has 0 bridgehead atoms. The Balaban J connectivity index is 2.25. The number of aliphatic hydroxyl groups is 1. The van der Waals surface area contributed by atoms with E-state index in [9.17, 15) is 9.59 Å². The zero-order valence-corrected chi connectivity index (χ0v) is 12.2. The van der Waals surface area contributed by atoms with E-state index >= 15 is 0 Å². The van der Waals surface area contributed by atoms with Crippen molar-refractivity contribution in [2.45, 2.75) is 12.8 Å². The van der Waals surface area contributed by atoms with Crippen molar-refractivity contribution < 1.29 is 14.7 Å². The highest BCUT2D eigenvalue weighted by Crippen LogP contribution is 2.09. The fourth-order valence-electron chi connectivity index (χ4n) is 1.61. The van der Waals surface area contributed by atoms with E-state index in [4.69, 9.17) is 16.7 Å². The number of hydrogen-bond acceptors (Lipinski definition) is 3. The van der Waals surface area contributed by atoms with Crippen LogP contribution in [0.2, 0.25) is 5.02 Å². The average molecular weight is 299 g/mol. The van der Waals surface area contributed by atoms with Crippen molar-refractivity contribution in [3.8, 4) is 0 Å². The van der Waals surface area contributed by atoms with Crippen LogP contribution in [0.4, 0.5) is 0 Å². The molecule has 1 aromatic carbocycles. The Hall–Kier alpha value is -1.59. The maximum atomic E-state index is 11.8. The summed E-state index contributed by atoms with van der Waals surface area (Å²) < 4.78 is 0. The van der Waals surface area contributed by atoms with Gasteiger partial charge in [0, 0.05) is 37.1 Å². The van der Waals surface area contributed by atoms with Crippen LogP contribution in [0.25, 0.3) is 0 Å². The van der Waals surface area contributed by atoms with E-state index in [1.165, 1.54) is 4.90 Å². The summed E-state index contributed by atoms with van der Waals surface area (Å²) in [4.78, 5) is 24.8. The van der Waals surface area contributed by atoms with Crippen LogP contribution >= 0.6 is 11.6 Å². The molecule has 0 fully saturated rings. The van der Waals surface area contributed by atoms with Gasteiger partial charge in [0.1, 0.15) is 0 Å². The van der Waals surface area contributed by atoms with Crippen molar-refractivity contribution in [2.24, 2.45) is 0 Å². The van der Waals surface area contributed by atoms with Crippen LogP contribution in [0.1, 0.15) is 23.2 Å². The van der Waals surface area contributed by atoms with E-state index in [1.54, 1.807) is 31.3 Å². The number of aliphatic hydroxyl groups excluding tert-OH is 1. The highest BCUT2D eigenvalue weighted by atomic mass is 35.5. The summed E-state index contributed by atoms with van der Waals surface area (Å²) in [6.07, 6.45) is 0.908. The SMILES string of the molecule is CN(CCO)C(=O)CCCNC(=O)c1ccc(Cl)cc1. The number of likely N-dealkylation sites (N-methyl/N-ethyl adjacent to an activating group) is 1. The molecule has 0 saturated heterocycles. The first-order chi connectivity index (χ1) is 9.54. The Labute approximate surface area is 123 Å². The monoisotopic (exact) mass is 298 g/mol. The van der Waals surface area contributed by atoms with Gasteiger partial charge < -0.3 is 15.3 Å². The van der Waals surface area contributed by atoms with Crippen molar-refractivity contribution in [1.82, 2.24) is 10.2 Å². The van der Waals surface area contributed by atoms with E-state index in [2.05, 4.69) is 5.32 Å². The summed E-state index contributed by atoms with van der Waals surface area (Å²) in [5.41, 5.74) is 0.540. The third-order valence-corrected chi connectivity index (χ3v) is 3.07. The summed E-state index contributed by atoms with van der Waals surface area (Å²) in [6, 6.07) is 6.61. The normalized spacial score (nSPS) is 10.2. The van der Waals surface area contributed by atoms with Crippen LogP contribution in [-0.4, -0.2) is 48.6 Å². The Morgan fingerprint density at radius 3 is 2.55 bits per heavy atom. The van der Waals surface area contributed by atoms with Gasteiger partial charge in [0.2, 0.25) is 5.91 Å². The Bertz CT molecular complexity index is 448. The number of nitrogens with zero attached hydrogens (tertiary/aromatic N) is 1. The second kappa shape index (κ2) is 8.55. The Morgan fingerprint density at radius 1 is 1.30 bits per heavy atom. The van der Waals surface area contributed by atoms with Gasteiger partial charge in [0.25, 0.3) is 5.91 Å². The molecule has 1 rings (SSSR count). The van der Waals surface area contributed by atoms with Crippen molar-refractivity contribution in [3.63, 3.8) is 0 Å². The van der Waals surface area contributed by atoms with E-state index < -0.39 is 0 Å². The zero-order chi connectivity index (χ0) is 15.0. The number of halogens is 1. The summed E-state index contributed by atoms with van der Waals surface area (Å²) in [7, 11) is 1.64. The topological polar surface area (TPSA) is 69.6 Å². The molecule has 2 N–H and O–H groups in total. The quantitative estimate of drug-likeness (QED) is 0.746. The smallest absolute Gasteiger partial charge is 0.251 e. The lowest BCUT2D eigenvalue weighted by Gasteiger charge is -2.15. The largest absolute Gasteiger partial charge is 0.395 e. The second-order valence-electron chi connectivity index (χ2n) is 4.41. The van der Waals surface area contributed by atoms with Gasteiger partial charge in [0.15, 0.2) is 0 Å². The molecule has 0 aromatic heterocycles. The number of rotatable bonds is 7. The van der Waals surface area contributed by atoms with E-state index in [0.717, 1.165) is 0 Å². The van der Waals surface area contributed by atoms with Gasteiger partial charge in [-0.25, -0.2) is 0 Å². The van der Waals surface area contributed by atoms with Crippen LogP contribution < -0.4 is 5.32 Å². The summed E-state index contributed by atoms with van der Waals surface area (Å²) in [5, 5.41) is 12.0. The van der Waals surface area contributed by atoms with Gasteiger partial charge in [-0.05, 0) is 30.7 Å². The molecule has 110 valence electrons. The number of carbonyl (C=O) groups excluding carboxylic acids is 2. The standard InChI is InChI=1S/C14H19ClN2O3/c1-17(9-10-18)13(19)3-2-8-16-14(20)11-4-6-12(15)7-5-11/h4-7,18H,2-3,8-10H2,1H3,(H,16,20). The molecule has 0 radical (unpaired) electrons. The van der Waals surface area contributed by atoms with E-state index in [0.29, 0.717) is 36.5 Å². The van der Waals surface area contributed by atoms with Gasteiger partial charge >= 0.3 is 0 Å². The molecule has 0 spiro atoms. The Kier molecular flexibility index (Phi) is 7.04. The molecule has 0 atom stereocenters. The van der Waals surface area contributed by atoms with Gasteiger partial charge in [-0.2, -0.15) is 0 Å². The molecule has 6 heteroatoms. The number of hydrogen-bond donors (Lipinski definition) is 2. The maximum absolute atomic E-state index is 11.8. The minimum Gasteiger partial charge on any atom is -0.395 e. The van der Waals surface area contributed by atoms with Crippen LogP contribution in [-0.2, 0) is 4.79 Å². The minimum absolute atomic E-state index is 0.0419. The molecule has 5 nitrogen and oxygen atoms in total. The van der Waals surface area contributed by atoms with Crippen molar-refractivity contribution in [1.29, 1.82) is 0 Å². The molecule has 20 heavy (non-hydrogen) atoms. The first-order valence-electron chi connectivity index (χ1n) is 6.43. The van der Waals surface area contributed by atoms with Crippen molar-refractivity contribution in [2.75, 3.05) is 26.7 Å². The van der Waals surface area contributed by atoms with E-state index in [1.807, 2.05) is 0 Å². The molecular weight excluding hydrogens is 280 g/mol. The summed E-state index contributed by atoms with van der Waals surface area (Å²) in [6.45, 7) is 0.714. The molecule has 1 aromatic rings. The fourth-order valence-corrected chi connectivity index (χ4v) is 1.74. The Morgan fingerprint density at radius 2 is 1.95 bits per heavy atom. The maximum Gasteiger partial charge on any atom is 0.251 e. The third kappa shape index (κ3) is 5.59. The molecule has 2 amide bonds. The van der Waals surface area contributed by atoms with Crippen LogP contribution in [0, 0.1) is 0 Å². The third-order valence-electron chi connectivity index (χ3n) is 2.82. The summed E-state index contributed by atoms with van der Waals surface area (Å²) >= 11 is 5.74.